The molecule has 6 nitrogen and oxygen atoms in total. The number of aliphatic hydroxyl groups excluding tert-OH is 1. The highest BCUT2D eigenvalue weighted by atomic mass is 32.1. The van der Waals surface area contributed by atoms with Crippen LogP contribution in [0.4, 0.5) is 0 Å². The van der Waals surface area contributed by atoms with Crippen molar-refractivity contribution < 1.29 is 9.90 Å². The summed E-state index contributed by atoms with van der Waals surface area (Å²) in [5.41, 5.74) is 0.317. The van der Waals surface area contributed by atoms with Crippen LogP contribution in [0.25, 0.3) is 15.2 Å². The number of nitrogens with one attached hydrogen (secondary N) is 1. The van der Waals surface area contributed by atoms with E-state index in [1.807, 2.05) is 38.1 Å². The summed E-state index contributed by atoms with van der Waals surface area (Å²) in [6, 6.07) is 7.07. The lowest BCUT2D eigenvalue weighted by Crippen LogP contribution is -2.43. The molecular weight excluding hydrogens is 314 g/mol. The van der Waals surface area contributed by atoms with Crippen molar-refractivity contribution in [2.24, 2.45) is 5.92 Å². The molecule has 2 heterocycles. The van der Waals surface area contributed by atoms with Gasteiger partial charge in [-0.1, -0.05) is 37.3 Å². The van der Waals surface area contributed by atoms with Gasteiger partial charge in [-0.2, -0.15) is 0 Å². The minimum absolute atomic E-state index is 0.0230. The molecule has 0 aliphatic heterocycles. The first-order valence-electron chi connectivity index (χ1n) is 7.34. The zero-order valence-electron chi connectivity index (χ0n) is 12.8. The molecule has 0 bridgehead atoms. The summed E-state index contributed by atoms with van der Waals surface area (Å²) >= 11 is 1.40. The number of para-hydroxylation sites is 1. The molecule has 23 heavy (non-hydrogen) atoms. The number of benzene rings is 1. The Balaban J connectivity index is 2.08. The average molecular weight is 331 g/mol. The SMILES string of the molecule is CC(C)C(CO)NC(=O)c1cnc2sc3ccccc3n2c1=O. The highest BCUT2D eigenvalue weighted by Crippen LogP contribution is 2.23. The number of thiazole rings is 1. The van der Waals surface area contributed by atoms with Crippen LogP contribution >= 0.6 is 11.3 Å². The first-order chi connectivity index (χ1) is 11.0. The Morgan fingerprint density at radius 1 is 1.39 bits per heavy atom. The molecule has 120 valence electrons. The fourth-order valence-corrected chi connectivity index (χ4v) is 3.36. The Kier molecular flexibility index (Phi) is 4.14. The molecule has 3 rings (SSSR count). The predicted octanol–water partition coefficient (Wildman–Crippen LogP) is 1.66. The number of rotatable bonds is 4. The van der Waals surface area contributed by atoms with Crippen molar-refractivity contribution in [3.05, 3.63) is 46.4 Å². The maximum atomic E-state index is 12.7. The second-order valence-corrected chi connectivity index (χ2v) is 6.68. The third kappa shape index (κ3) is 2.73. The summed E-state index contributed by atoms with van der Waals surface area (Å²) in [5, 5.41) is 12.0. The second-order valence-electron chi connectivity index (χ2n) is 5.67. The van der Waals surface area contributed by atoms with E-state index in [1.165, 1.54) is 21.9 Å². The molecule has 3 aromatic rings. The standard InChI is InChI=1S/C16H17N3O3S/c1-9(2)11(8-20)18-14(21)10-7-17-16-19(15(10)22)12-5-3-4-6-13(12)23-16/h3-7,9,11,20H,8H2,1-2H3,(H,18,21). The zero-order valence-corrected chi connectivity index (χ0v) is 13.6. The molecule has 1 aromatic carbocycles. The second kappa shape index (κ2) is 6.10. The number of amides is 1. The van der Waals surface area contributed by atoms with E-state index in [2.05, 4.69) is 10.3 Å². The molecule has 1 atom stereocenters. The maximum Gasteiger partial charge on any atom is 0.271 e. The smallest absolute Gasteiger partial charge is 0.271 e. The Labute approximate surface area is 136 Å². The van der Waals surface area contributed by atoms with Gasteiger partial charge in [-0.05, 0) is 18.1 Å². The van der Waals surface area contributed by atoms with Crippen molar-refractivity contribution in [3.8, 4) is 0 Å². The molecule has 0 aliphatic carbocycles. The summed E-state index contributed by atoms with van der Waals surface area (Å²) in [6.07, 6.45) is 1.30. The number of aliphatic hydroxyl groups is 1. The lowest BCUT2D eigenvalue weighted by atomic mass is 10.1. The van der Waals surface area contributed by atoms with E-state index in [0.717, 1.165) is 10.2 Å². The Morgan fingerprint density at radius 3 is 2.83 bits per heavy atom. The highest BCUT2D eigenvalue weighted by Gasteiger charge is 2.20. The molecule has 0 saturated heterocycles. The van der Waals surface area contributed by atoms with Crippen LogP contribution in [-0.2, 0) is 0 Å². The maximum absolute atomic E-state index is 12.7. The summed E-state index contributed by atoms with van der Waals surface area (Å²) in [6.45, 7) is 3.60. The monoisotopic (exact) mass is 331 g/mol. The van der Waals surface area contributed by atoms with E-state index in [1.54, 1.807) is 0 Å². The van der Waals surface area contributed by atoms with Crippen molar-refractivity contribution in [3.63, 3.8) is 0 Å². The molecule has 0 fully saturated rings. The van der Waals surface area contributed by atoms with Crippen LogP contribution in [0, 0.1) is 5.92 Å². The van der Waals surface area contributed by atoms with Crippen LogP contribution in [0.5, 0.6) is 0 Å². The van der Waals surface area contributed by atoms with E-state index >= 15 is 0 Å². The number of carbonyl (C=O) groups is 1. The fourth-order valence-electron chi connectivity index (χ4n) is 2.38. The number of carbonyl (C=O) groups excluding carboxylic acids is 1. The van der Waals surface area contributed by atoms with Gasteiger partial charge in [-0.3, -0.25) is 14.0 Å². The zero-order chi connectivity index (χ0) is 16.6. The molecular formula is C16H17N3O3S. The van der Waals surface area contributed by atoms with Gasteiger partial charge in [0.15, 0.2) is 4.96 Å². The molecule has 2 aromatic heterocycles. The van der Waals surface area contributed by atoms with Gasteiger partial charge in [0.1, 0.15) is 5.56 Å². The third-order valence-electron chi connectivity index (χ3n) is 3.80. The average Bonchev–Trinajstić information content (AvgIpc) is 2.91. The molecule has 0 saturated carbocycles. The van der Waals surface area contributed by atoms with Gasteiger partial charge < -0.3 is 10.4 Å². The van der Waals surface area contributed by atoms with Crippen molar-refractivity contribution in [2.45, 2.75) is 19.9 Å². The number of aromatic nitrogens is 2. The quantitative estimate of drug-likeness (QED) is 0.761. The van der Waals surface area contributed by atoms with Crippen molar-refractivity contribution in [1.29, 1.82) is 0 Å². The van der Waals surface area contributed by atoms with Gasteiger partial charge in [0.25, 0.3) is 11.5 Å². The Bertz CT molecular complexity index is 929. The topological polar surface area (TPSA) is 83.7 Å². The molecule has 2 N–H and O–H groups in total. The lowest BCUT2D eigenvalue weighted by Gasteiger charge is -2.19. The van der Waals surface area contributed by atoms with Crippen LogP contribution in [0.1, 0.15) is 24.2 Å². The first kappa shape index (κ1) is 15.6. The lowest BCUT2D eigenvalue weighted by molar-refractivity contribution is 0.0895. The van der Waals surface area contributed by atoms with Crippen LogP contribution in [0.2, 0.25) is 0 Å². The van der Waals surface area contributed by atoms with Gasteiger partial charge in [0.05, 0.1) is 22.9 Å². The Hall–Kier alpha value is -2.25. The van der Waals surface area contributed by atoms with Gasteiger partial charge in [-0.25, -0.2) is 4.98 Å². The van der Waals surface area contributed by atoms with Crippen LogP contribution < -0.4 is 10.9 Å². The number of hydrogen-bond donors (Lipinski definition) is 2. The number of fused-ring (bicyclic) bond motifs is 3. The molecule has 0 radical (unpaired) electrons. The number of hydrogen-bond acceptors (Lipinski definition) is 5. The van der Waals surface area contributed by atoms with Crippen LogP contribution in [0.3, 0.4) is 0 Å². The van der Waals surface area contributed by atoms with Gasteiger partial charge in [0, 0.05) is 6.20 Å². The molecule has 0 spiro atoms. The largest absolute Gasteiger partial charge is 0.394 e. The van der Waals surface area contributed by atoms with E-state index in [-0.39, 0.29) is 18.1 Å². The van der Waals surface area contributed by atoms with Gasteiger partial charge in [0.2, 0.25) is 0 Å². The minimum atomic E-state index is -0.514. The summed E-state index contributed by atoms with van der Waals surface area (Å²) in [5.74, 6) is -0.453. The van der Waals surface area contributed by atoms with Crippen LogP contribution in [-0.4, -0.2) is 33.0 Å². The molecule has 7 heteroatoms. The highest BCUT2D eigenvalue weighted by molar-refractivity contribution is 7.23. The van der Waals surface area contributed by atoms with Crippen molar-refractivity contribution in [2.75, 3.05) is 6.61 Å². The van der Waals surface area contributed by atoms with E-state index in [4.69, 9.17) is 0 Å². The Morgan fingerprint density at radius 2 is 2.13 bits per heavy atom. The molecule has 1 amide bonds. The predicted molar refractivity (Wildman–Crippen MR) is 90.0 cm³/mol. The van der Waals surface area contributed by atoms with Gasteiger partial charge in [-0.15, -0.1) is 0 Å². The van der Waals surface area contributed by atoms with Gasteiger partial charge >= 0.3 is 0 Å². The van der Waals surface area contributed by atoms with Crippen LogP contribution in [0.15, 0.2) is 35.3 Å². The molecule has 0 aliphatic rings. The van der Waals surface area contributed by atoms with E-state index < -0.39 is 17.5 Å². The van der Waals surface area contributed by atoms with E-state index in [0.29, 0.717) is 4.96 Å². The summed E-state index contributed by atoms with van der Waals surface area (Å²) in [7, 11) is 0. The minimum Gasteiger partial charge on any atom is -0.394 e. The number of nitrogens with zero attached hydrogens (tertiary/aromatic N) is 2. The fraction of sp³-hybridized carbons (Fsp3) is 0.312. The first-order valence-corrected chi connectivity index (χ1v) is 8.15. The van der Waals surface area contributed by atoms with E-state index in [9.17, 15) is 14.7 Å². The molecule has 1 unspecified atom stereocenters. The summed E-state index contributed by atoms with van der Waals surface area (Å²) < 4.78 is 2.39. The normalized spacial score (nSPS) is 12.9. The third-order valence-corrected chi connectivity index (χ3v) is 4.83. The van der Waals surface area contributed by atoms with Crippen molar-refractivity contribution >= 4 is 32.4 Å². The summed E-state index contributed by atoms with van der Waals surface area (Å²) in [4.78, 5) is 29.8. The van der Waals surface area contributed by atoms with Crippen molar-refractivity contribution in [1.82, 2.24) is 14.7 Å².